The minimum absolute atomic E-state index is 0.525. The molecule has 2 rings (SSSR count). The topological polar surface area (TPSA) is 54.7 Å². The Morgan fingerprint density at radius 3 is 2.33 bits per heavy atom. The predicted molar refractivity (Wildman–Crippen MR) is 94.0 cm³/mol. The number of allylic oxidation sites excluding steroid dienone is 2. The Balaban J connectivity index is 2.29. The maximum absolute atomic E-state index is 9.46. The van der Waals surface area contributed by atoms with Crippen molar-refractivity contribution in [2.45, 2.75) is 13.3 Å². The molecule has 24 heavy (non-hydrogen) atoms. The third kappa shape index (κ3) is 4.30. The van der Waals surface area contributed by atoms with Gasteiger partial charge in [-0.25, -0.2) is 0 Å². The molecule has 1 aromatic rings. The number of benzene rings is 1. The lowest BCUT2D eigenvalue weighted by Gasteiger charge is -2.25. The van der Waals surface area contributed by atoms with Crippen LogP contribution in [0.15, 0.2) is 30.5 Å². The standard InChI is InChI=1S/C19H24N2O3/c1-14(2)19-17(22-3)10-15(11-18(19)23-4)9-16(12-20)13-21-5-7-24-8-6-21/h10-11,13H,1,5-9H2,2-4H3. The van der Waals surface area contributed by atoms with Gasteiger partial charge >= 0.3 is 0 Å². The molecule has 1 aliphatic rings. The number of nitriles is 1. The van der Waals surface area contributed by atoms with Crippen LogP contribution in [0.5, 0.6) is 11.5 Å². The Morgan fingerprint density at radius 2 is 1.88 bits per heavy atom. The first-order valence-electron chi connectivity index (χ1n) is 7.92. The average Bonchev–Trinajstić information content (AvgIpc) is 2.60. The Bertz CT molecular complexity index is 643. The van der Waals surface area contributed by atoms with Gasteiger partial charge in [0.25, 0.3) is 0 Å². The maximum Gasteiger partial charge on any atom is 0.130 e. The molecule has 0 radical (unpaired) electrons. The molecule has 0 atom stereocenters. The van der Waals surface area contributed by atoms with Gasteiger partial charge in [0, 0.05) is 31.3 Å². The van der Waals surface area contributed by atoms with Crippen LogP contribution in [0.25, 0.3) is 5.57 Å². The molecule has 0 bridgehead atoms. The van der Waals surface area contributed by atoms with Crippen LogP contribution in [0.1, 0.15) is 18.1 Å². The molecule has 0 saturated carbocycles. The van der Waals surface area contributed by atoms with Crippen LogP contribution in [-0.2, 0) is 11.2 Å². The molecule has 1 saturated heterocycles. The molecule has 1 aliphatic heterocycles. The van der Waals surface area contributed by atoms with E-state index < -0.39 is 0 Å². The molecule has 0 aliphatic carbocycles. The zero-order valence-electron chi connectivity index (χ0n) is 14.6. The van der Waals surface area contributed by atoms with Crippen LogP contribution in [-0.4, -0.2) is 45.4 Å². The normalized spacial score (nSPS) is 14.9. The third-order valence-electron chi connectivity index (χ3n) is 3.91. The molecule has 0 aromatic heterocycles. The largest absolute Gasteiger partial charge is 0.496 e. The second-order valence-electron chi connectivity index (χ2n) is 5.75. The van der Waals surface area contributed by atoms with Gasteiger partial charge in [-0.05, 0) is 30.2 Å². The summed E-state index contributed by atoms with van der Waals surface area (Å²) in [6, 6.07) is 6.17. The van der Waals surface area contributed by atoms with Crippen molar-refractivity contribution < 1.29 is 14.2 Å². The fourth-order valence-corrected chi connectivity index (χ4v) is 2.75. The molecule has 0 unspecified atom stereocenters. The number of methoxy groups -OCH3 is 2. The van der Waals surface area contributed by atoms with Crippen molar-refractivity contribution in [1.29, 1.82) is 5.26 Å². The first-order chi connectivity index (χ1) is 11.6. The molecule has 5 nitrogen and oxygen atoms in total. The van der Waals surface area contributed by atoms with Gasteiger partial charge in [0.05, 0.1) is 39.1 Å². The minimum Gasteiger partial charge on any atom is -0.496 e. The number of hydrogen-bond donors (Lipinski definition) is 0. The van der Waals surface area contributed by atoms with Gasteiger partial charge in [-0.2, -0.15) is 5.26 Å². The monoisotopic (exact) mass is 328 g/mol. The van der Waals surface area contributed by atoms with E-state index in [1.165, 1.54) is 0 Å². The van der Waals surface area contributed by atoms with Crippen molar-refractivity contribution in [3.05, 3.63) is 41.6 Å². The number of nitrogens with zero attached hydrogens (tertiary/aromatic N) is 2. The zero-order chi connectivity index (χ0) is 17.5. The fraction of sp³-hybridized carbons (Fsp3) is 0.421. The molecule has 128 valence electrons. The number of morpholine rings is 1. The number of rotatable bonds is 6. The molecular formula is C19H24N2O3. The molecule has 0 N–H and O–H groups in total. The summed E-state index contributed by atoms with van der Waals surface area (Å²) in [6.07, 6.45) is 2.45. The maximum atomic E-state index is 9.46. The van der Waals surface area contributed by atoms with E-state index in [0.717, 1.165) is 29.8 Å². The summed E-state index contributed by atoms with van der Waals surface area (Å²) in [6.45, 7) is 8.92. The van der Waals surface area contributed by atoms with E-state index in [0.29, 0.717) is 36.7 Å². The Hall–Kier alpha value is -2.45. The average molecular weight is 328 g/mol. The molecule has 0 amide bonds. The summed E-state index contributed by atoms with van der Waals surface area (Å²) in [5.74, 6) is 1.42. The lowest BCUT2D eigenvalue weighted by Crippen LogP contribution is -2.32. The highest BCUT2D eigenvalue weighted by atomic mass is 16.5. The summed E-state index contributed by atoms with van der Waals surface area (Å²) in [5, 5.41) is 9.46. The van der Waals surface area contributed by atoms with Gasteiger partial charge in [-0.15, -0.1) is 0 Å². The lowest BCUT2D eigenvalue weighted by molar-refractivity contribution is 0.0591. The predicted octanol–water partition coefficient (Wildman–Crippen LogP) is 3.02. The smallest absolute Gasteiger partial charge is 0.130 e. The summed E-state index contributed by atoms with van der Waals surface area (Å²) in [4.78, 5) is 2.12. The Kier molecular flexibility index (Phi) is 6.28. The van der Waals surface area contributed by atoms with E-state index in [9.17, 15) is 5.26 Å². The Morgan fingerprint density at radius 1 is 1.29 bits per heavy atom. The van der Waals surface area contributed by atoms with Gasteiger partial charge in [-0.3, -0.25) is 0 Å². The van der Waals surface area contributed by atoms with Crippen molar-refractivity contribution in [3.63, 3.8) is 0 Å². The highest BCUT2D eigenvalue weighted by molar-refractivity contribution is 5.73. The van der Waals surface area contributed by atoms with Crippen LogP contribution in [0.2, 0.25) is 0 Å². The minimum atomic E-state index is 0.525. The van der Waals surface area contributed by atoms with Crippen LogP contribution >= 0.6 is 0 Å². The number of ether oxygens (including phenoxy) is 3. The second kappa shape index (κ2) is 8.42. The van der Waals surface area contributed by atoms with E-state index >= 15 is 0 Å². The fourth-order valence-electron chi connectivity index (χ4n) is 2.75. The van der Waals surface area contributed by atoms with Gasteiger partial charge in [-0.1, -0.05) is 6.58 Å². The molecule has 1 fully saturated rings. The second-order valence-corrected chi connectivity index (χ2v) is 5.75. The first-order valence-corrected chi connectivity index (χ1v) is 7.92. The van der Waals surface area contributed by atoms with Crippen LogP contribution < -0.4 is 9.47 Å². The molecular weight excluding hydrogens is 304 g/mol. The highest BCUT2D eigenvalue weighted by Crippen LogP contribution is 2.36. The van der Waals surface area contributed by atoms with Crippen molar-refractivity contribution in [2.75, 3.05) is 40.5 Å². The van der Waals surface area contributed by atoms with Crippen molar-refractivity contribution in [2.24, 2.45) is 0 Å². The highest BCUT2D eigenvalue weighted by Gasteiger charge is 2.15. The van der Waals surface area contributed by atoms with Gasteiger partial charge < -0.3 is 19.1 Å². The van der Waals surface area contributed by atoms with Crippen molar-refractivity contribution >= 4 is 5.57 Å². The van der Waals surface area contributed by atoms with Crippen LogP contribution in [0.4, 0.5) is 0 Å². The van der Waals surface area contributed by atoms with E-state index in [-0.39, 0.29) is 0 Å². The van der Waals surface area contributed by atoms with Crippen molar-refractivity contribution in [3.8, 4) is 17.6 Å². The van der Waals surface area contributed by atoms with Crippen LogP contribution in [0, 0.1) is 11.3 Å². The van der Waals surface area contributed by atoms with Gasteiger partial charge in [0.15, 0.2) is 0 Å². The van der Waals surface area contributed by atoms with Crippen molar-refractivity contribution in [1.82, 2.24) is 4.90 Å². The summed E-state index contributed by atoms with van der Waals surface area (Å²) < 4.78 is 16.3. The summed E-state index contributed by atoms with van der Waals surface area (Å²) in [7, 11) is 3.25. The lowest BCUT2D eigenvalue weighted by atomic mass is 9.99. The SMILES string of the molecule is C=C(C)c1c(OC)cc(CC(C#N)=CN2CCOCC2)cc1OC. The summed E-state index contributed by atoms with van der Waals surface area (Å²) >= 11 is 0. The van der Waals surface area contributed by atoms with Gasteiger partial charge in [0.2, 0.25) is 0 Å². The third-order valence-corrected chi connectivity index (χ3v) is 3.91. The molecule has 5 heteroatoms. The molecule has 1 heterocycles. The Labute approximate surface area is 143 Å². The van der Waals surface area contributed by atoms with E-state index in [1.807, 2.05) is 25.3 Å². The molecule has 0 spiro atoms. The molecule has 1 aromatic carbocycles. The van der Waals surface area contributed by atoms with E-state index in [4.69, 9.17) is 14.2 Å². The van der Waals surface area contributed by atoms with Crippen LogP contribution in [0.3, 0.4) is 0 Å². The number of hydrogen-bond acceptors (Lipinski definition) is 5. The quantitative estimate of drug-likeness (QED) is 0.751. The van der Waals surface area contributed by atoms with E-state index in [2.05, 4.69) is 17.5 Å². The first kappa shape index (κ1) is 17.9. The van der Waals surface area contributed by atoms with E-state index in [1.54, 1.807) is 14.2 Å². The van der Waals surface area contributed by atoms with Gasteiger partial charge in [0.1, 0.15) is 11.5 Å². The zero-order valence-corrected chi connectivity index (χ0v) is 14.6. The summed E-state index contributed by atoms with van der Waals surface area (Å²) in [5.41, 5.74) is 3.40.